The second-order valence-corrected chi connectivity index (χ2v) is 7.12. The van der Waals surface area contributed by atoms with E-state index in [-0.39, 0.29) is 11.9 Å². The van der Waals surface area contributed by atoms with Crippen LogP contribution in [0.1, 0.15) is 49.3 Å². The molecule has 25 heavy (non-hydrogen) atoms. The molecule has 1 saturated heterocycles. The SMILES string of the molecule is Cc1cc(C)n(C[C@@H]2CCCCN2C(=O)CCCn2ccnc2C)n1. The van der Waals surface area contributed by atoms with Gasteiger partial charge in [0.15, 0.2) is 0 Å². The zero-order chi connectivity index (χ0) is 17.8. The summed E-state index contributed by atoms with van der Waals surface area (Å²) in [4.78, 5) is 19.1. The van der Waals surface area contributed by atoms with Crippen LogP contribution in [-0.4, -0.2) is 42.7 Å². The highest BCUT2D eigenvalue weighted by Crippen LogP contribution is 2.21. The Hall–Kier alpha value is -2.11. The minimum absolute atomic E-state index is 0.272. The summed E-state index contributed by atoms with van der Waals surface area (Å²) < 4.78 is 4.16. The van der Waals surface area contributed by atoms with E-state index in [1.807, 2.05) is 26.2 Å². The average Bonchev–Trinajstić information content (AvgIpc) is 3.13. The summed E-state index contributed by atoms with van der Waals surface area (Å²) in [5, 5.41) is 4.57. The number of imidazole rings is 1. The molecule has 2 aromatic rings. The molecule has 0 N–H and O–H groups in total. The average molecular weight is 343 g/mol. The minimum Gasteiger partial charge on any atom is -0.338 e. The van der Waals surface area contributed by atoms with Crippen LogP contribution < -0.4 is 0 Å². The van der Waals surface area contributed by atoms with Crippen molar-refractivity contribution in [1.29, 1.82) is 0 Å². The van der Waals surface area contributed by atoms with E-state index in [0.717, 1.165) is 50.4 Å². The number of piperidine rings is 1. The van der Waals surface area contributed by atoms with Crippen molar-refractivity contribution in [2.45, 2.75) is 72.0 Å². The van der Waals surface area contributed by atoms with Crippen LogP contribution in [0.5, 0.6) is 0 Å². The molecule has 1 aliphatic rings. The Kier molecular flexibility index (Phi) is 5.56. The van der Waals surface area contributed by atoms with E-state index in [1.165, 1.54) is 12.1 Å². The maximum Gasteiger partial charge on any atom is 0.222 e. The van der Waals surface area contributed by atoms with Gasteiger partial charge < -0.3 is 9.47 Å². The minimum atomic E-state index is 0.272. The first-order valence-corrected chi connectivity index (χ1v) is 9.33. The summed E-state index contributed by atoms with van der Waals surface area (Å²) in [5.74, 6) is 1.29. The molecule has 3 rings (SSSR count). The second kappa shape index (κ2) is 7.85. The summed E-state index contributed by atoms with van der Waals surface area (Å²) in [6.45, 7) is 8.65. The molecule has 0 aliphatic carbocycles. The van der Waals surface area contributed by atoms with Gasteiger partial charge in [0.1, 0.15) is 5.82 Å². The van der Waals surface area contributed by atoms with Gasteiger partial charge in [0.05, 0.1) is 18.3 Å². The molecule has 2 aromatic heterocycles. The molecule has 1 atom stereocenters. The number of aromatic nitrogens is 4. The van der Waals surface area contributed by atoms with E-state index in [1.54, 1.807) is 0 Å². The fraction of sp³-hybridized carbons (Fsp3) is 0.632. The van der Waals surface area contributed by atoms with E-state index in [9.17, 15) is 4.79 Å². The quantitative estimate of drug-likeness (QED) is 0.810. The number of nitrogens with zero attached hydrogens (tertiary/aromatic N) is 5. The van der Waals surface area contributed by atoms with Crippen LogP contribution in [0.15, 0.2) is 18.5 Å². The van der Waals surface area contributed by atoms with Gasteiger partial charge in [-0.2, -0.15) is 5.10 Å². The molecule has 0 bridgehead atoms. The molecular weight excluding hydrogens is 314 g/mol. The summed E-state index contributed by atoms with van der Waals surface area (Å²) in [5.41, 5.74) is 2.22. The lowest BCUT2D eigenvalue weighted by Gasteiger charge is -2.36. The fourth-order valence-corrected chi connectivity index (χ4v) is 3.76. The number of aryl methyl sites for hydroxylation is 4. The maximum atomic E-state index is 12.8. The number of rotatable bonds is 6. The second-order valence-electron chi connectivity index (χ2n) is 7.12. The van der Waals surface area contributed by atoms with E-state index in [2.05, 4.69) is 37.2 Å². The van der Waals surface area contributed by atoms with Crippen molar-refractivity contribution in [2.75, 3.05) is 6.54 Å². The summed E-state index contributed by atoms with van der Waals surface area (Å²) in [6, 6.07) is 2.37. The molecule has 0 aromatic carbocycles. The molecule has 0 saturated carbocycles. The van der Waals surface area contributed by atoms with Gasteiger partial charge in [0.2, 0.25) is 5.91 Å². The standard InChI is InChI=1S/C19H29N5O/c1-15-13-16(2)24(21-15)14-18-7-4-5-11-23(18)19(25)8-6-10-22-12-9-20-17(22)3/h9,12-13,18H,4-8,10-11,14H2,1-3H3/t18-/m0/s1. The van der Waals surface area contributed by atoms with Crippen LogP contribution >= 0.6 is 0 Å². The van der Waals surface area contributed by atoms with Crippen molar-refractivity contribution in [2.24, 2.45) is 0 Å². The van der Waals surface area contributed by atoms with Crippen molar-refractivity contribution in [3.05, 3.63) is 35.7 Å². The van der Waals surface area contributed by atoms with Crippen LogP contribution in [0.4, 0.5) is 0 Å². The van der Waals surface area contributed by atoms with Gasteiger partial charge in [-0.25, -0.2) is 4.98 Å². The molecule has 6 heteroatoms. The van der Waals surface area contributed by atoms with Gasteiger partial charge in [0, 0.05) is 37.6 Å². The molecule has 0 spiro atoms. The van der Waals surface area contributed by atoms with E-state index in [4.69, 9.17) is 0 Å². The van der Waals surface area contributed by atoms with Crippen molar-refractivity contribution in [3.63, 3.8) is 0 Å². The zero-order valence-corrected chi connectivity index (χ0v) is 15.6. The first-order chi connectivity index (χ1) is 12.0. The number of carbonyl (C=O) groups excluding carboxylic acids is 1. The highest BCUT2D eigenvalue weighted by Gasteiger charge is 2.27. The van der Waals surface area contributed by atoms with Gasteiger partial charge in [-0.3, -0.25) is 9.48 Å². The van der Waals surface area contributed by atoms with E-state index >= 15 is 0 Å². The fourth-order valence-electron chi connectivity index (χ4n) is 3.76. The molecule has 1 aliphatic heterocycles. The third-order valence-electron chi connectivity index (χ3n) is 5.15. The zero-order valence-electron chi connectivity index (χ0n) is 15.6. The van der Waals surface area contributed by atoms with Crippen LogP contribution in [0.2, 0.25) is 0 Å². The highest BCUT2D eigenvalue weighted by atomic mass is 16.2. The molecule has 136 valence electrons. The summed E-state index contributed by atoms with van der Waals surface area (Å²) in [7, 11) is 0. The monoisotopic (exact) mass is 343 g/mol. The lowest BCUT2D eigenvalue weighted by atomic mass is 10.0. The Balaban J connectivity index is 1.57. The number of hydrogen-bond acceptors (Lipinski definition) is 3. The summed E-state index contributed by atoms with van der Waals surface area (Å²) >= 11 is 0. The molecule has 3 heterocycles. The number of amides is 1. The van der Waals surface area contributed by atoms with Gasteiger partial charge in [0.25, 0.3) is 0 Å². The molecule has 1 amide bonds. The Morgan fingerprint density at radius 1 is 1.28 bits per heavy atom. The van der Waals surface area contributed by atoms with Gasteiger partial charge in [-0.1, -0.05) is 0 Å². The van der Waals surface area contributed by atoms with E-state index in [0.29, 0.717) is 6.42 Å². The third-order valence-corrected chi connectivity index (χ3v) is 5.15. The molecular formula is C19H29N5O. The van der Waals surface area contributed by atoms with E-state index < -0.39 is 0 Å². The van der Waals surface area contributed by atoms with Crippen molar-refractivity contribution in [3.8, 4) is 0 Å². The third kappa shape index (κ3) is 4.30. The predicted octanol–water partition coefficient (Wildman–Crippen LogP) is 2.87. The number of carbonyl (C=O) groups is 1. The Bertz CT molecular complexity index is 717. The number of hydrogen-bond donors (Lipinski definition) is 0. The van der Waals surface area contributed by atoms with Gasteiger partial charge >= 0.3 is 0 Å². The van der Waals surface area contributed by atoms with Crippen LogP contribution in [0.3, 0.4) is 0 Å². The van der Waals surface area contributed by atoms with Crippen LogP contribution in [0.25, 0.3) is 0 Å². The van der Waals surface area contributed by atoms with Gasteiger partial charge in [-0.15, -0.1) is 0 Å². The highest BCUT2D eigenvalue weighted by molar-refractivity contribution is 5.76. The first kappa shape index (κ1) is 17.7. The summed E-state index contributed by atoms with van der Waals surface area (Å²) in [6.07, 6.45) is 8.63. The maximum absolute atomic E-state index is 12.8. The van der Waals surface area contributed by atoms with Crippen LogP contribution in [0, 0.1) is 20.8 Å². The lowest BCUT2D eigenvalue weighted by Crippen LogP contribution is -2.46. The van der Waals surface area contributed by atoms with Crippen LogP contribution in [-0.2, 0) is 17.9 Å². The first-order valence-electron chi connectivity index (χ1n) is 9.33. The molecule has 1 fully saturated rings. The Morgan fingerprint density at radius 3 is 2.80 bits per heavy atom. The molecule has 6 nitrogen and oxygen atoms in total. The largest absolute Gasteiger partial charge is 0.338 e. The number of likely N-dealkylation sites (tertiary alicyclic amines) is 1. The lowest BCUT2D eigenvalue weighted by molar-refractivity contribution is -0.135. The van der Waals surface area contributed by atoms with Gasteiger partial charge in [-0.05, 0) is 52.5 Å². The molecule has 0 radical (unpaired) electrons. The van der Waals surface area contributed by atoms with Crippen molar-refractivity contribution in [1.82, 2.24) is 24.2 Å². The predicted molar refractivity (Wildman–Crippen MR) is 97.3 cm³/mol. The Morgan fingerprint density at radius 2 is 2.12 bits per heavy atom. The smallest absolute Gasteiger partial charge is 0.222 e. The normalized spacial score (nSPS) is 17.9. The molecule has 0 unspecified atom stereocenters. The topological polar surface area (TPSA) is 56.0 Å². The van der Waals surface area contributed by atoms with Crippen molar-refractivity contribution >= 4 is 5.91 Å². The Labute approximate surface area is 149 Å². The van der Waals surface area contributed by atoms with Crippen molar-refractivity contribution < 1.29 is 4.79 Å².